The van der Waals surface area contributed by atoms with Crippen molar-refractivity contribution in [2.45, 2.75) is 32.4 Å². The van der Waals surface area contributed by atoms with Gasteiger partial charge in [-0.2, -0.15) is 5.10 Å². The molecule has 5 heteroatoms. The van der Waals surface area contributed by atoms with Gasteiger partial charge in [0.15, 0.2) is 0 Å². The number of rotatable bonds is 4. The van der Waals surface area contributed by atoms with E-state index in [-0.39, 0.29) is 11.8 Å². The third kappa shape index (κ3) is 3.32. The second-order valence-corrected chi connectivity index (χ2v) is 5.11. The van der Waals surface area contributed by atoms with E-state index in [1.165, 1.54) is 0 Å². The van der Waals surface area contributed by atoms with E-state index in [2.05, 4.69) is 17.3 Å². The molecule has 1 aromatic rings. The predicted octanol–water partition coefficient (Wildman–Crippen LogP) is 0.730. The van der Waals surface area contributed by atoms with E-state index in [1.807, 2.05) is 28.9 Å². The van der Waals surface area contributed by atoms with Crippen molar-refractivity contribution in [1.82, 2.24) is 20.0 Å². The van der Waals surface area contributed by atoms with Crippen LogP contribution in [-0.2, 0) is 11.3 Å². The maximum Gasteiger partial charge on any atom is 0.225 e. The monoisotopic (exact) mass is 250 g/mol. The third-order valence-electron chi connectivity index (χ3n) is 3.57. The summed E-state index contributed by atoms with van der Waals surface area (Å²) in [7, 11) is 1.89. The minimum Gasteiger partial charge on any atom is -0.344 e. The molecule has 1 amide bonds. The average Bonchev–Trinajstić information content (AvgIpc) is 2.88. The Morgan fingerprint density at radius 1 is 1.61 bits per heavy atom. The number of piperidine rings is 1. The van der Waals surface area contributed by atoms with Crippen LogP contribution in [0.5, 0.6) is 0 Å². The SMILES string of the molecule is C[C@H]1C[C@@H](C(=O)N(C)CCn2cccn2)CCN1. The molecule has 0 aliphatic carbocycles. The van der Waals surface area contributed by atoms with E-state index in [0.29, 0.717) is 6.04 Å². The van der Waals surface area contributed by atoms with Crippen LogP contribution in [0.1, 0.15) is 19.8 Å². The highest BCUT2D eigenvalue weighted by molar-refractivity contribution is 5.78. The summed E-state index contributed by atoms with van der Waals surface area (Å²) in [6.07, 6.45) is 5.58. The van der Waals surface area contributed by atoms with Crippen LogP contribution < -0.4 is 5.32 Å². The second kappa shape index (κ2) is 6.00. The fourth-order valence-electron chi connectivity index (χ4n) is 2.46. The summed E-state index contributed by atoms with van der Waals surface area (Å²) in [5, 5.41) is 7.52. The predicted molar refractivity (Wildman–Crippen MR) is 70.1 cm³/mol. The molecular weight excluding hydrogens is 228 g/mol. The van der Waals surface area contributed by atoms with Crippen LogP contribution in [0.25, 0.3) is 0 Å². The smallest absolute Gasteiger partial charge is 0.225 e. The number of carbonyl (C=O) groups is 1. The molecule has 1 saturated heterocycles. The molecule has 0 saturated carbocycles. The molecule has 1 aromatic heterocycles. The van der Waals surface area contributed by atoms with Crippen LogP contribution in [0.3, 0.4) is 0 Å². The van der Waals surface area contributed by atoms with E-state index in [0.717, 1.165) is 32.5 Å². The summed E-state index contributed by atoms with van der Waals surface area (Å²) >= 11 is 0. The summed E-state index contributed by atoms with van der Waals surface area (Å²) in [6, 6.07) is 2.35. The Bertz CT molecular complexity index is 376. The molecule has 0 aromatic carbocycles. The Balaban J connectivity index is 1.80. The lowest BCUT2D eigenvalue weighted by Gasteiger charge is -2.30. The van der Waals surface area contributed by atoms with Gasteiger partial charge in [-0.3, -0.25) is 9.48 Å². The highest BCUT2D eigenvalue weighted by Crippen LogP contribution is 2.18. The maximum atomic E-state index is 12.3. The van der Waals surface area contributed by atoms with Crippen molar-refractivity contribution in [2.75, 3.05) is 20.1 Å². The first-order valence-electron chi connectivity index (χ1n) is 6.62. The third-order valence-corrected chi connectivity index (χ3v) is 3.57. The molecule has 2 atom stereocenters. The van der Waals surface area contributed by atoms with Gasteiger partial charge in [0.1, 0.15) is 0 Å². The molecule has 1 fully saturated rings. The van der Waals surface area contributed by atoms with Gasteiger partial charge >= 0.3 is 0 Å². The lowest BCUT2D eigenvalue weighted by Crippen LogP contribution is -2.43. The number of carbonyl (C=O) groups excluding carboxylic acids is 1. The maximum absolute atomic E-state index is 12.3. The Hall–Kier alpha value is -1.36. The van der Waals surface area contributed by atoms with Crippen LogP contribution in [0.15, 0.2) is 18.5 Å². The minimum absolute atomic E-state index is 0.184. The first-order chi connectivity index (χ1) is 8.66. The van der Waals surface area contributed by atoms with Crippen molar-refractivity contribution in [3.05, 3.63) is 18.5 Å². The lowest BCUT2D eigenvalue weighted by atomic mass is 9.92. The zero-order chi connectivity index (χ0) is 13.0. The van der Waals surface area contributed by atoms with E-state index in [4.69, 9.17) is 0 Å². The largest absolute Gasteiger partial charge is 0.344 e. The summed E-state index contributed by atoms with van der Waals surface area (Å²) in [6.45, 7) is 4.57. The number of hydrogen-bond donors (Lipinski definition) is 1. The lowest BCUT2D eigenvalue weighted by molar-refractivity contribution is -0.135. The van der Waals surface area contributed by atoms with Crippen molar-refractivity contribution in [1.29, 1.82) is 0 Å². The number of hydrogen-bond acceptors (Lipinski definition) is 3. The Morgan fingerprint density at radius 3 is 3.11 bits per heavy atom. The fraction of sp³-hybridized carbons (Fsp3) is 0.692. The van der Waals surface area contributed by atoms with E-state index in [9.17, 15) is 4.79 Å². The molecular formula is C13H22N4O. The van der Waals surface area contributed by atoms with Crippen LogP contribution in [0.2, 0.25) is 0 Å². The number of amides is 1. The van der Waals surface area contributed by atoms with Gasteiger partial charge in [0.05, 0.1) is 6.54 Å². The van der Waals surface area contributed by atoms with Gasteiger partial charge in [-0.15, -0.1) is 0 Å². The Labute approximate surface area is 108 Å². The number of nitrogens with one attached hydrogen (secondary N) is 1. The second-order valence-electron chi connectivity index (χ2n) is 5.11. The first-order valence-corrected chi connectivity index (χ1v) is 6.62. The zero-order valence-electron chi connectivity index (χ0n) is 11.2. The van der Waals surface area contributed by atoms with Crippen molar-refractivity contribution in [3.8, 4) is 0 Å². The molecule has 0 spiro atoms. The Kier molecular flexibility index (Phi) is 4.36. The molecule has 2 heterocycles. The Morgan fingerprint density at radius 2 is 2.44 bits per heavy atom. The zero-order valence-corrected chi connectivity index (χ0v) is 11.2. The van der Waals surface area contributed by atoms with Crippen LogP contribution >= 0.6 is 0 Å². The van der Waals surface area contributed by atoms with Gasteiger partial charge in [0, 0.05) is 37.9 Å². The summed E-state index contributed by atoms with van der Waals surface area (Å²) < 4.78 is 1.86. The topological polar surface area (TPSA) is 50.2 Å². The van der Waals surface area contributed by atoms with Crippen molar-refractivity contribution >= 4 is 5.91 Å². The van der Waals surface area contributed by atoms with E-state index in [1.54, 1.807) is 6.20 Å². The molecule has 2 rings (SSSR count). The summed E-state index contributed by atoms with van der Waals surface area (Å²) in [4.78, 5) is 14.1. The van der Waals surface area contributed by atoms with Gasteiger partial charge in [0.25, 0.3) is 0 Å². The minimum atomic E-state index is 0.184. The number of likely N-dealkylation sites (N-methyl/N-ethyl adjacent to an activating group) is 1. The average molecular weight is 250 g/mol. The highest BCUT2D eigenvalue weighted by Gasteiger charge is 2.26. The molecule has 1 N–H and O–H groups in total. The van der Waals surface area contributed by atoms with Gasteiger partial charge in [0.2, 0.25) is 5.91 Å². The summed E-state index contributed by atoms with van der Waals surface area (Å²) in [5.41, 5.74) is 0. The molecule has 1 aliphatic heterocycles. The van der Waals surface area contributed by atoms with Gasteiger partial charge < -0.3 is 10.2 Å². The summed E-state index contributed by atoms with van der Waals surface area (Å²) in [5.74, 6) is 0.458. The number of aromatic nitrogens is 2. The van der Waals surface area contributed by atoms with Gasteiger partial charge in [-0.1, -0.05) is 0 Å². The van der Waals surface area contributed by atoms with Crippen molar-refractivity contribution in [2.24, 2.45) is 5.92 Å². The molecule has 18 heavy (non-hydrogen) atoms. The van der Waals surface area contributed by atoms with E-state index >= 15 is 0 Å². The molecule has 0 bridgehead atoms. The first kappa shape index (κ1) is 13.1. The highest BCUT2D eigenvalue weighted by atomic mass is 16.2. The standard InChI is InChI=1S/C13H22N4O/c1-11-10-12(4-6-14-11)13(18)16(2)8-9-17-7-3-5-15-17/h3,5,7,11-12,14H,4,6,8-10H2,1-2H3/t11-,12-/m0/s1. The molecule has 100 valence electrons. The van der Waals surface area contributed by atoms with Gasteiger partial charge in [-0.25, -0.2) is 0 Å². The quantitative estimate of drug-likeness (QED) is 0.857. The molecule has 0 unspecified atom stereocenters. The molecule has 1 aliphatic rings. The van der Waals surface area contributed by atoms with Crippen LogP contribution in [-0.4, -0.2) is 46.8 Å². The molecule has 5 nitrogen and oxygen atoms in total. The fourth-order valence-corrected chi connectivity index (χ4v) is 2.46. The van der Waals surface area contributed by atoms with Crippen LogP contribution in [0.4, 0.5) is 0 Å². The van der Waals surface area contributed by atoms with Crippen molar-refractivity contribution in [3.63, 3.8) is 0 Å². The van der Waals surface area contributed by atoms with E-state index < -0.39 is 0 Å². The normalized spacial score (nSPS) is 23.9. The number of nitrogens with zero attached hydrogens (tertiary/aromatic N) is 3. The van der Waals surface area contributed by atoms with Gasteiger partial charge in [-0.05, 0) is 32.4 Å². The van der Waals surface area contributed by atoms with Crippen LogP contribution in [0, 0.1) is 5.92 Å². The molecule has 0 radical (unpaired) electrons. The van der Waals surface area contributed by atoms with Crippen molar-refractivity contribution < 1.29 is 4.79 Å².